The highest BCUT2D eigenvalue weighted by Crippen LogP contribution is 2.60. The van der Waals surface area contributed by atoms with Gasteiger partial charge in [0, 0.05) is 27.4 Å². The number of methoxy groups -OCH3 is 1. The van der Waals surface area contributed by atoms with E-state index < -0.39 is 4.87 Å². The molecule has 1 saturated heterocycles. The van der Waals surface area contributed by atoms with Crippen molar-refractivity contribution in [2.24, 2.45) is 0 Å². The number of fused-ring (bicyclic) bond motifs is 2. The number of anilines is 1. The summed E-state index contributed by atoms with van der Waals surface area (Å²) in [4.78, 5) is 30.5. The van der Waals surface area contributed by atoms with Crippen molar-refractivity contribution < 1.29 is 14.3 Å². The second-order valence-corrected chi connectivity index (χ2v) is 11.4. The zero-order chi connectivity index (χ0) is 24.1. The molecule has 0 saturated carbocycles. The largest absolute Gasteiger partial charge is 0.497 e. The number of hydrogen-bond acceptors (Lipinski definition) is 4. The van der Waals surface area contributed by atoms with E-state index in [4.69, 9.17) is 16.3 Å². The average molecular weight is 493 g/mol. The number of halogens is 1. The fraction of sp³-hybridized carbons (Fsp3) is 0.259. The summed E-state index contributed by atoms with van der Waals surface area (Å²) < 4.78 is 4.93. The molecule has 5 rings (SSSR count). The molecule has 1 atom stereocenters. The van der Waals surface area contributed by atoms with E-state index in [9.17, 15) is 9.59 Å². The minimum absolute atomic E-state index is 0.119. The topological polar surface area (TPSA) is 49.9 Å². The second-order valence-electron chi connectivity index (χ2n) is 9.13. The maximum atomic E-state index is 14.3. The van der Waals surface area contributed by atoms with Crippen LogP contribution in [0.25, 0.3) is 0 Å². The molecular formula is C27H25ClN2O3S. The van der Waals surface area contributed by atoms with Crippen LogP contribution in [-0.2, 0) is 16.2 Å². The monoisotopic (exact) mass is 492 g/mol. The third-order valence-electron chi connectivity index (χ3n) is 6.31. The number of nitrogens with zero attached hydrogens (tertiary/aromatic N) is 2. The van der Waals surface area contributed by atoms with Crippen molar-refractivity contribution in [3.63, 3.8) is 0 Å². The van der Waals surface area contributed by atoms with Crippen molar-refractivity contribution in [1.82, 2.24) is 4.90 Å². The second kappa shape index (κ2) is 8.36. The molecule has 3 aromatic rings. The molecule has 174 valence electrons. The van der Waals surface area contributed by atoms with Gasteiger partial charge in [-0.1, -0.05) is 48.0 Å². The summed E-state index contributed by atoms with van der Waals surface area (Å²) in [6.07, 6.45) is 0. The summed E-state index contributed by atoms with van der Waals surface area (Å²) >= 11 is 7.98. The molecule has 0 N–H and O–H groups in total. The van der Waals surface area contributed by atoms with Crippen molar-refractivity contribution >= 4 is 40.9 Å². The zero-order valence-electron chi connectivity index (χ0n) is 19.2. The van der Waals surface area contributed by atoms with E-state index in [0.717, 1.165) is 16.8 Å². The normalized spacial score (nSPS) is 20.6. The summed E-state index contributed by atoms with van der Waals surface area (Å²) in [6.45, 7) is 4.94. The maximum absolute atomic E-state index is 14.3. The fourth-order valence-electron chi connectivity index (χ4n) is 4.80. The molecule has 0 bridgehead atoms. The Morgan fingerprint density at radius 1 is 1.03 bits per heavy atom. The van der Waals surface area contributed by atoms with Gasteiger partial charge in [-0.05, 0) is 55.8 Å². The fourth-order valence-corrected chi connectivity index (χ4v) is 6.73. The predicted octanol–water partition coefficient (Wildman–Crippen LogP) is 5.72. The average Bonchev–Trinajstić information content (AvgIpc) is 3.26. The highest BCUT2D eigenvalue weighted by Gasteiger charge is 2.63. The number of thioether (sulfide) groups is 1. The summed E-state index contributed by atoms with van der Waals surface area (Å²) in [7, 11) is 1.59. The van der Waals surface area contributed by atoms with Crippen LogP contribution in [0.3, 0.4) is 0 Å². The van der Waals surface area contributed by atoms with Gasteiger partial charge in [0.05, 0.1) is 19.3 Å². The van der Waals surface area contributed by atoms with Crippen molar-refractivity contribution in [2.45, 2.75) is 30.0 Å². The molecule has 5 nitrogen and oxygen atoms in total. The molecule has 3 aromatic carbocycles. The SMILES string of the molecule is COc1ccc(C(=O)N2CC(C)(C)S[C@@]23C(=O)N(Cc2ccccc2Cl)c2ccccc23)cc1. The first-order valence-electron chi connectivity index (χ1n) is 11.1. The van der Waals surface area contributed by atoms with Gasteiger partial charge in [0.2, 0.25) is 0 Å². The van der Waals surface area contributed by atoms with Crippen LogP contribution in [-0.4, -0.2) is 35.1 Å². The molecule has 7 heteroatoms. The molecule has 0 aliphatic carbocycles. The van der Waals surface area contributed by atoms with E-state index >= 15 is 0 Å². The Balaban J connectivity index is 1.61. The lowest BCUT2D eigenvalue weighted by Crippen LogP contribution is -2.50. The third-order valence-corrected chi connectivity index (χ3v) is 8.27. The van der Waals surface area contributed by atoms with E-state index in [1.807, 2.05) is 48.5 Å². The lowest BCUT2D eigenvalue weighted by Gasteiger charge is -2.33. The first kappa shape index (κ1) is 22.8. The van der Waals surface area contributed by atoms with Crippen LogP contribution in [0, 0.1) is 0 Å². The highest BCUT2D eigenvalue weighted by molar-refractivity contribution is 8.02. The van der Waals surface area contributed by atoms with Gasteiger partial charge in [0.25, 0.3) is 11.8 Å². The molecule has 0 aromatic heterocycles. The van der Waals surface area contributed by atoms with Crippen LogP contribution in [0.1, 0.15) is 35.3 Å². The first-order chi connectivity index (χ1) is 16.3. The van der Waals surface area contributed by atoms with E-state index in [-0.39, 0.29) is 16.6 Å². The van der Waals surface area contributed by atoms with Crippen LogP contribution >= 0.6 is 23.4 Å². The Labute approximate surface area is 208 Å². The van der Waals surface area contributed by atoms with Crippen LogP contribution in [0.2, 0.25) is 5.02 Å². The number of hydrogen-bond donors (Lipinski definition) is 0. The molecule has 0 radical (unpaired) electrons. The Morgan fingerprint density at radius 2 is 1.71 bits per heavy atom. The number of amides is 2. The third kappa shape index (κ3) is 3.56. The molecule has 2 aliphatic rings. The van der Waals surface area contributed by atoms with Crippen molar-refractivity contribution in [3.8, 4) is 5.75 Å². The lowest BCUT2D eigenvalue weighted by atomic mass is 10.0. The molecule has 0 unspecified atom stereocenters. The molecular weight excluding hydrogens is 468 g/mol. The van der Waals surface area contributed by atoms with Crippen molar-refractivity contribution in [1.29, 1.82) is 0 Å². The molecule has 2 amide bonds. The van der Waals surface area contributed by atoms with Crippen molar-refractivity contribution in [2.75, 3.05) is 18.6 Å². The molecule has 2 aliphatic heterocycles. The Morgan fingerprint density at radius 3 is 2.41 bits per heavy atom. The van der Waals surface area contributed by atoms with Gasteiger partial charge in [-0.3, -0.25) is 9.59 Å². The number of benzene rings is 3. The summed E-state index contributed by atoms with van der Waals surface area (Å²) in [5.74, 6) is 0.380. The molecule has 2 heterocycles. The van der Waals surface area contributed by atoms with Gasteiger partial charge in [0.15, 0.2) is 4.87 Å². The summed E-state index contributed by atoms with van der Waals surface area (Å²) in [6, 6.07) is 22.3. The van der Waals surface area contributed by atoms with Gasteiger partial charge in [-0.2, -0.15) is 0 Å². The smallest absolute Gasteiger partial charge is 0.268 e. The Kier molecular flexibility index (Phi) is 5.61. The van der Waals surface area contributed by atoms with Crippen LogP contribution in [0.4, 0.5) is 5.69 Å². The maximum Gasteiger partial charge on any atom is 0.268 e. The number of para-hydroxylation sites is 1. The zero-order valence-corrected chi connectivity index (χ0v) is 20.8. The number of carbonyl (C=O) groups is 2. The minimum Gasteiger partial charge on any atom is -0.497 e. The first-order valence-corrected chi connectivity index (χ1v) is 12.3. The molecule has 34 heavy (non-hydrogen) atoms. The predicted molar refractivity (Wildman–Crippen MR) is 136 cm³/mol. The minimum atomic E-state index is -1.14. The summed E-state index contributed by atoms with van der Waals surface area (Å²) in [5.41, 5.74) is 3.03. The van der Waals surface area contributed by atoms with Crippen LogP contribution in [0.5, 0.6) is 5.75 Å². The van der Waals surface area contributed by atoms with E-state index in [2.05, 4.69) is 13.8 Å². The van der Waals surface area contributed by atoms with Gasteiger partial charge in [-0.15, -0.1) is 11.8 Å². The Hall–Kier alpha value is -2.96. The van der Waals surface area contributed by atoms with E-state index in [1.54, 1.807) is 52.9 Å². The van der Waals surface area contributed by atoms with Gasteiger partial charge in [-0.25, -0.2) is 0 Å². The van der Waals surface area contributed by atoms with Gasteiger partial charge in [0.1, 0.15) is 5.75 Å². The summed E-state index contributed by atoms with van der Waals surface area (Å²) in [5, 5.41) is 0.610. The molecule has 1 spiro atoms. The van der Waals surface area contributed by atoms with Crippen molar-refractivity contribution in [3.05, 3.63) is 94.5 Å². The van der Waals surface area contributed by atoms with Gasteiger partial charge >= 0.3 is 0 Å². The van der Waals surface area contributed by atoms with Gasteiger partial charge < -0.3 is 14.5 Å². The highest BCUT2D eigenvalue weighted by atomic mass is 35.5. The van der Waals surface area contributed by atoms with Crippen LogP contribution in [0.15, 0.2) is 72.8 Å². The lowest BCUT2D eigenvalue weighted by molar-refractivity contribution is -0.123. The van der Waals surface area contributed by atoms with E-state index in [0.29, 0.717) is 29.4 Å². The van der Waals surface area contributed by atoms with Crippen LogP contribution < -0.4 is 9.64 Å². The van der Waals surface area contributed by atoms with E-state index in [1.165, 1.54) is 0 Å². The quantitative estimate of drug-likeness (QED) is 0.467. The number of ether oxygens (including phenoxy) is 1. The molecule has 1 fully saturated rings. The number of carbonyl (C=O) groups excluding carboxylic acids is 2. The Bertz CT molecular complexity index is 1280. The number of rotatable bonds is 4. The standard InChI is InChI=1S/C27H25ClN2O3S/c1-26(2)17-30(24(31)18-12-14-20(33-3)15-13-18)27(34-26)21-9-5-7-11-23(21)29(25(27)32)16-19-8-4-6-10-22(19)28/h4-15H,16-17H2,1-3H3/t27-/m0/s1.